The van der Waals surface area contributed by atoms with E-state index in [1.165, 1.54) is 12.8 Å². The first-order chi connectivity index (χ1) is 12.0. The van der Waals surface area contributed by atoms with Crippen LogP contribution in [-0.2, 0) is 9.59 Å². The first-order valence-electron chi connectivity index (χ1n) is 8.95. The molecule has 25 heavy (non-hydrogen) atoms. The van der Waals surface area contributed by atoms with Crippen LogP contribution in [0.1, 0.15) is 48.9 Å². The average molecular weight is 344 g/mol. The number of piperidine rings is 1. The fourth-order valence-corrected chi connectivity index (χ4v) is 3.17. The van der Waals surface area contributed by atoms with Crippen molar-refractivity contribution >= 4 is 23.5 Å². The topological polar surface area (TPSA) is 86.7 Å². The van der Waals surface area contributed by atoms with E-state index < -0.39 is 5.97 Å². The normalized spacial score (nSPS) is 18.0. The number of hydrogen-bond donors (Lipinski definition) is 2. The summed E-state index contributed by atoms with van der Waals surface area (Å²) in [7, 11) is 0. The van der Waals surface area contributed by atoms with Crippen molar-refractivity contribution in [3.63, 3.8) is 0 Å². The van der Waals surface area contributed by atoms with Gasteiger partial charge in [-0.25, -0.2) is 0 Å². The molecule has 1 saturated heterocycles. The van der Waals surface area contributed by atoms with Crippen LogP contribution in [0.15, 0.2) is 24.3 Å². The van der Waals surface area contributed by atoms with Crippen LogP contribution in [-0.4, -0.2) is 40.9 Å². The molecule has 0 unspecified atom stereocenters. The van der Waals surface area contributed by atoms with Crippen molar-refractivity contribution in [2.75, 3.05) is 18.4 Å². The number of hydrogen-bond acceptors (Lipinski definition) is 3. The Balaban J connectivity index is 1.50. The molecule has 1 saturated carbocycles. The van der Waals surface area contributed by atoms with Crippen LogP contribution >= 0.6 is 0 Å². The van der Waals surface area contributed by atoms with Crippen LogP contribution in [0, 0.1) is 11.8 Å². The van der Waals surface area contributed by atoms with Crippen LogP contribution in [0.2, 0.25) is 0 Å². The Morgan fingerprint density at radius 2 is 1.68 bits per heavy atom. The maximum absolute atomic E-state index is 12.5. The molecular weight excluding hydrogens is 320 g/mol. The Bertz CT molecular complexity index is 644. The minimum absolute atomic E-state index is 0.0155. The highest BCUT2D eigenvalue weighted by atomic mass is 16.4. The number of nitrogens with zero attached hydrogens (tertiary/aromatic N) is 1. The van der Waals surface area contributed by atoms with E-state index in [-0.39, 0.29) is 17.7 Å². The van der Waals surface area contributed by atoms with E-state index >= 15 is 0 Å². The van der Waals surface area contributed by atoms with Crippen molar-refractivity contribution < 1.29 is 19.5 Å². The standard InChI is InChI=1S/C19H24N2O4/c22-17(8-3-13-1-2-13)20-16-6-4-14(5-7-16)18(23)21-11-9-15(10-12-21)19(24)25/h4-7,13,15H,1-3,8-12H2,(H,20,22)(H,24,25). The third-order valence-electron chi connectivity index (χ3n) is 5.02. The van der Waals surface area contributed by atoms with Gasteiger partial charge in [0.15, 0.2) is 0 Å². The smallest absolute Gasteiger partial charge is 0.306 e. The fourth-order valence-electron chi connectivity index (χ4n) is 3.17. The molecule has 0 radical (unpaired) electrons. The van der Waals surface area contributed by atoms with Gasteiger partial charge >= 0.3 is 5.97 Å². The molecule has 0 atom stereocenters. The number of aliphatic carboxylic acids is 1. The molecule has 1 heterocycles. The molecular formula is C19H24N2O4. The van der Waals surface area contributed by atoms with Gasteiger partial charge in [-0.1, -0.05) is 12.8 Å². The molecule has 3 rings (SSSR count). The fraction of sp³-hybridized carbons (Fsp3) is 0.526. The minimum Gasteiger partial charge on any atom is -0.481 e. The van der Waals surface area contributed by atoms with E-state index in [1.807, 2.05) is 0 Å². The van der Waals surface area contributed by atoms with Crippen molar-refractivity contribution in [3.05, 3.63) is 29.8 Å². The molecule has 2 aliphatic rings. The Morgan fingerprint density at radius 3 is 2.24 bits per heavy atom. The number of anilines is 1. The zero-order valence-electron chi connectivity index (χ0n) is 14.2. The van der Waals surface area contributed by atoms with Crippen molar-refractivity contribution in [2.45, 2.75) is 38.5 Å². The van der Waals surface area contributed by atoms with E-state index in [4.69, 9.17) is 5.11 Å². The first kappa shape index (κ1) is 17.5. The molecule has 2 amide bonds. The zero-order valence-corrected chi connectivity index (χ0v) is 14.2. The second-order valence-corrected chi connectivity index (χ2v) is 7.01. The molecule has 134 valence electrons. The van der Waals surface area contributed by atoms with E-state index in [0.29, 0.717) is 43.6 Å². The number of carbonyl (C=O) groups is 3. The maximum Gasteiger partial charge on any atom is 0.306 e. The summed E-state index contributed by atoms with van der Waals surface area (Å²) < 4.78 is 0. The van der Waals surface area contributed by atoms with E-state index in [1.54, 1.807) is 29.2 Å². The van der Waals surface area contributed by atoms with Gasteiger partial charge in [-0.15, -0.1) is 0 Å². The number of benzene rings is 1. The predicted molar refractivity (Wildman–Crippen MR) is 93.3 cm³/mol. The Kier molecular flexibility index (Phi) is 5.36. The molecule has 0 spiro atoms. The Hall–Kier alpha value is -2.37. The van der Waals surface area contributed by atoms with Gasteiger partial charge in [0, 0.05) is 30.8 Å². The number of amides is 2. The van der Waals surface area contributed by atoms with E-state index in [0.717, 1.165) is 12.3 Å². The lowest BCUT2D eigenvalue weighted by atomic mass is 9.96. The lowest BCUT2D eigenvalue weighted by Crippen LogP contribution is -2.40. The van der Waals surface area contributed by atoms with Crippen molar-refractivity contribution in [1.29, 1.82) is 0 Å². The maximum atomic E-state index is 12.5. The summed E-state index contributed by atoms with van der Waals surface area (Å²) in [6, 6.07) is 6.91. The summed E-state index contributed by atoms with van der Waals surface area (Å²) >= 11 is 0. The van der Waals surface area contributed by atoms with Crippen LogP contribution in [0.4, 0.5) is 5.69 Å². The van der Waals surface area contributed by atoms with Crippen LogP contribution in [0.25, 0.3) is 0 Å². The Labute approximate surface area is 147 Å². The highest BCUT2D eigenvalue weighted by Crippen LogP contribution is 2.33. The molecule has 2 N–H and O–H groups in total. The van der Waals surface area contributed by atoms with Crippen LogP contribution < -0.4 is 5.32 Å². The monoisotopic (exact) mass is 344 g/mol. The third-order valence-corrected chi connectivity index (χ3v) is 5.02. The number of rotatable bonds is 6. The number of carboxylic acid groups (broad SMARTS) is 1. The largest absolute Gasteiger partial charge is 0.481 e. The second kappa shape index (κ2) is 7.68. The highest BCUT2D eigenvalue weighted by molar-refractivity contribution is 5.96. The van der Waals surface area contributed by atoms with Gasteiger partial charge in [0.25, 0.3) is 5.91 Å². The van der Waals surface area contributed by atoms with Crippen molar-refractivity contribution in [1.82, 2.24) is 4.90 Å². The van der Waals surface area contributed by atoms with E-state index in [2.05, 4.69) is 5.32 Å². The van der Waals surface area contributed by atoms with Crippen molar-refractivity contribution in [3.8, 4) is 0 Å². The highest BCUT2D eigenvalue weighted by Gasteiger charge is 2.27. The summed E-state index contributed by atoms with van der Waals surface area (Å²) in [6.45, 7) is 0.935. The van der Waals surface area contributed by atoms with Crippen LogP contribution in [0.3, 0.4) is 0 Å². The molecule has 0 bridgehead atoms. The Morgan fingerprint density at radius 1 is 1.04 bits per heavy atom. The SMILES string of the molecule is O=C(CCC1CC1)Nc1ccc(C(=O)N2CCC(C(=O)O)CC2)cc1. The zero-order chi connectivity index (χ0) is 17.8. The molecule has 1 aromatic carbocycles. The predicted octanol–water partition coefficient (Wildman–Crippen LogP) is 2.75. The minimum atomic E-state index is -0.783. The summed E-state index contributed by atoms with van der Waals surface area (Å²) in [5.74, 6) is -0.473. The number of likely N-dealkylation sites (tertiary alicyclic amines) is 1. The molecule has 1 aliphatic heterocycles. The van der Waals surface area contributed by atoms with Crippen LogP contribution in [0.5, 0.6) is 0 Å². The molecule has 1 aliphatic carbocycles. The molecule has 1 aromatic rings. The lowest BCUT2D eigenvalue weighted by molar-refractivity contribution is -0.143. The first-order valence-corrected chi connectivity index (χ1v) is 8.95. The molecule has 0 aromatic heterocycles. The number of nitrogens with one attached hydrogen (secondary N) is 1. The van der Waals surface area contributed by atoms with Gasteiger partial charge in [0.2, 0.25) is 5.91 Å². The third kappa shape index (κ3) is 4.81. The molecule has 2 fully saturated rings. The average Bonchev–Trinajstić information content (AvgIpc) is 3.44. The molecule has 6 heteroatoms. The quantitative estimate of drug-likeness (QED) is 0.831. The van der Waals surface area contributed by atoms with E-state index in [9.17, 15) is 14.4 Å². The van der Waals surface area contributed by atoms with Gasteiger partial charge in [0.1, 0.15) is 0 Å². The van der Waals surface area contributed by atoms with Gasteiger partial charge in [-0.3, -0.25) is 14.4 Å². The summed E-state index contributed by atoms with van der Waals surface area (Å²) in [5, 5.41) is 11.9. The van der Waals surface area contributed by atoms with Gasteiger partial charge in [-0.05, 0) is 49.4 Å². The van der Waals surface area contributed by atoms with Gasteiger partial charge in [0.05, 0.1) is 5.92 Å². The number of carbonyl (C=O) groups excluding carboxylic acids is 2. The van der Waals surface area contributed by atoms with Gasteiger partial charge in [-0.2, -0.15) is 0 Å². The summed E-state index contributed by atoms with van der Waals surface area (Å²) in [4.78, 5) is 37.0. The molecule has 6 nitrogen and oxygen atoms in total. The summed E-state index contributed by atoms with van der Waals surface area (Å²) in [6.07, 6.45) is 4.98. The lowest BCUT2D eigenvalue weighted by Gasteiger charge is -2.30. The number of carboxylic acids is 1. The second-order valence-electron chi connectivity index (χ2n) is 7.01. The van der Waals surface area contributed by atoms with Crippen molar-refractivity contribution in [2.24, 2.45) is 11.8 Å². The summed E-state index contributed by atoms with van der Waals surface area (Å²) in [5.41, 5.74) is 1.26. The van der Waals surface area contributed by atoms with Gasteiger partial charge < -0.3 is 15.3 Å².